The first-order valence-electron chi connectivity index (χ1n) is 10.1. The van der Waals surface area contributed by atoms with Crippen LogP contribution in [0.2, 0.25) is 5.02 Å². The maximum absolute atomic E-state index is 12.8. The summed E-state index contributed by atoms with van der Waals surface area (Å²) >= 11 is 7.45. The molecule has 3 heterocycles. The van der Waals surface area contributed by atoms with Crippen molar-refractivity contribution in [1.29, 1.82) is 0 Å². The van der Waals surface area contributed by atoms with Gasteiger partial charge in [-0.2, -0.15) is 13.2 Å². The van der Waals surface area contributed by atoms with Crippen molar-refractivity contribution in [2.24, 2.45) is 0 Å². The molecule has 0 atom stereocenters. The minimum absolute atomic E-state index is 0.0451. The number of pyridine rings is 1. The van der Waals surface area contributed by atoms with Crippen LogP contribution in [0.25, 0.3) is 0 Å². The molecule has 11 heteroatoms. The predicted octanol–water partition coefficient (Wildman–Crippen LogP) is 4.11. The van der Waals surface area contributed by atoms with Crippen LogP contribution >= 0.6 is 22.9 Å². The van der Waals surface area contributed by atoms with E-state index in [0.717, 1.165) is 29.1 Å². The highest BCUT2D eigenvalue weighted by atomic mass is 35.5. The SMILES string of the molecule is CCc1cc(C(=O)N(C)CC(=O)N2CCN(c3ncc(C(F)(F)F)cc3Cl)CC2)sc1C. The number of aryl methyl sites for hydroxylation is 2. The Morgan fingerprint density at radius 1 is 1.22 bits per heavy atom. The molecule has 0 aliphatic carbocycles. The number of rotatable bonds is 5. The average Bonchev–Trinajstić information content (AvgIpc) is 3.13. The number of nitrogens with zero attached hydrogens (tertiary/aromatic N) is 4. The normalized spacial score (nSPS) is 14.6. The van der Waals surface area contributed by atoms with Gasteiger partial charge in [0.05, 0.1) is 22.0 Å². The van der Waals surface area contributed by atoms with Crippen LogP contribution in [0, 0.1) is 6.92 Å². The van der Waals surface area contributed by atoms with Gasteiger partial charge in [-0.1, -0.05) is 18.5 Å². The lowest BCUT2D eigenvalue weighted by Crippen LogP contribution is -2.51. The lowest BCUT2D eigenvalue weighted by Gasteiger charge is -2.36. The first-order valence-corrected chi connectivity index (χ1v) is 11.3. The molecule has 0 aromatic carbocycles. The highest BCUT2D eigenvalue weighted by Gasteiger charge is 2.32. The number of aromatic nitrogens is 1. The van der Waals surface area contributed by atoms with Crippen LogP contribution in [0.1, 0.15) is 32.6 Å². The minimum Gasteiger partial charge on any atom is -0.352 e. The number of carbonyl (C=O) groups excluding carboxylic acids is 2. The van der Waals surface area contributed by atoms with Crippen LogP contribution in [0.5, 0.6) is 0 Å². The van der Waals surface area contributed by atoms with E-state index in [0.29, 0.717) is 31.1 Å². The van der Waals surface area contributed by atoms with Gasteiger partial charge in [0.15, 0.2) is 0 Å². The molecule has 1 saturated heterocycles. The fourth-order valence-corrected chi connectivity index (χ4v) is 4.92. The molecule has 1 fully saturated rings. The number of alkyl halides is 3. The molecule has 32 heavy (non-hydrogen) atoms. The van der Waals surface area contributed by atoms with Crippen molar-refractivity contribution in [2.45, 2.75) is 26.4 Å². The van der Waals surface area contributed by atoms with Crippen molar-refractivity contribution in [3.8, 4) is 0 Å². The van der Waals surface area contributed by atoms with E-state index in [4.69, 9.17) is 11.6 Å². The van der Waals surface area contributed by atoms with Crippen molar-refractivity contribution >= 4 is 40.6 Å². The van der Waals surface area contributed by atoms with Crippen LogP contribution < -0.4 is 4.90 Å². The van der Waals surface area contributed by atoms with Gasteiger partial charge in [-0.15, -0.1) is 11.3 Å². The van der Waals surface area contributed by atoms with Gasteiger partial charge in [-0.3, -0.25) is 9.59 Å². The summed E-state index contributed by atoms with van der Waals surface area (Å²) in [7, 11) is 1.60. The molecular formula is C21H24ClF3N4O2S. The molecule has 0 radical (unpaired) electrons. The van der Waals surface area contributed by atoms with Gasteiger partial charge < -0.3 is 14.7 Å². The van der Waals surface area contributed by atoms with Crippen molar-refractivity contribution in [3.05, 3.63) is 44.2 Å². The molecule has 6 nitrogen and oxygen atoms in total. The number of amides is 2. The molecule has 1 aliphatic rings. The van der Waals surface area contributed by atoms with Gasteiger partial charge in [0.25, 0.3) is 5.91 Å². The molecule has 2 amide bonds. The summed E-state index contributed by atoms with van der Waals surface area (Å²) in [5.74, 6) is -0.111. The molecule has 0 N–H and O–H groups in total. The molecule has 0 saturated carbocycles. The first kappa shape index (κ1) is 24.3. The Kier molecular flexibility index (Phi) is 7.34. The fraction of sp³-hybridized carbons (Fsp3) is 0.476. The Morgan fingerprint density at radius 3 is 2.41 bits per heavy atom. The highest BCUT2D eigenvalue weighted by molar-refractivity contribution is 7.14. The molecule has 1 aliphatic heterocycles. The van der Waals surface area contributed by atoms with E-state index in [9.17, 15) is 22.8 Å². The molecule has 2 aromatic heterocycles. The standard InChI is InChI=1S/C21H24ClF3N4O2S/c1-4-14-9-17(32-13(14)2)20(31)27(3)12-18(30)28-5-7-29(8-6-28)19-16(22)10-15(11-26-19)21(23,24)25/h9-11H,4-8,12H2,1-3H3. The van der Waals surface area contributed by atoms with Crippen molar-refractivity contribution in [3.63, 3.8) is 0 Å². The number of thiophene rings is 1. The Bertz CT molecular complexity index is 1000. The number of anilines is 1. The number of hydrogen-bond acceptors (Lipinski definition) is 5. The maximum Gasteiger partial charge on any atom is 0.417 e. The van der Waals surface area contributed by atoms with Gasteiger partial charge in [0, 0.05) is 44.3 Å². The lowest BCUT2D eigenvalue weighted by molar-refractivity contribution is -0.137. The minimum atomic E-state index is -4.51. The van der Waals surface area contributed by atoms with E-state index in [1.807, 2.05) is 19.9 Å². The van der Waals surface area contributed by atoms with Gasteiger partial charge in [0.1, 0.15) is 5.82 Å². The third kappa shape index (κ3) is 5.35. The van der Waals surface area contributed by atoms with Gasteiger partial charge in [0.2, 0.25) is 5.91 Å². The summed E-state index contributed by atoms with van der Waals surface area (Å²) in [5.41, 5.74) is 0.226. The molecular weight excluding hydrogens is 465 g/mol. The van der Waals surface area contributed by atoms with Gasteiger partial charge in [-0.05, 0) is 31.0 Å². The fourth-order valence-electron chi connectivity index (χ4n) is 3.53. The second kappa shape index (κ2) is 9.66. The molecule has 0 bridgehead atoms. The smallest absolute Gasteiger partial charge is 0.352 e. The van der Waals surface area contributed by atoms with E-state index < -0.39 is 11.7 Å². The van der Waals surface area contributed by atoms with E-state index in [-0.39, 0.29) is 29.2 Å². The zero-order valence-electron chi connectivity index (χ0n) is 18.0. The van der Waals surface area contributed by atoms with Crippen LogP contribution in [0.15, 0.2) is 18.3 Å². The third-order valence-corrected chi connectivity index (χ3v) is 6.77. The summed E-state index contributed by atoms with van der Waals surface area (Å²) in [6, 6.07) is 2.74. The Morgan fingerprint density at radius 2 is 1.88 bits per heavy atom. The number of likely N-dealkylation sites (N-methyl/N-ethyl adjacent to an activating group) is 1. The van der Waals surface area contributed by atoms with E-state index >= 15 is 0 Å². The summed E-state index contributed by atoms with van der Waals surface area (Å²) in [5, 5.41) is -0.0809. The average molecular weight is 489 g/mol. The van der Waals surface area contributed by atoms with E-state index in [1.54, 1.807) is 16.8 Å². The summed E-state index contributed by atoms with van der Waals surface area (Å²) in [6.45, 7) is 5.44. The number of piperazine rings is 1. The number of halogens is 4. The van der Waals surface area contributed by atoms with Crippen molar-refractivity contribution in [2.75, 3.05) is 44.7 Å². The molecule has 3 rings (SSSR count). The second-order valence-corrected chi connectivity index (χ2v) is 9.27. The topological polar surface area (TPSA) is 56.8 Å². The molecule has 0 unspecified atom stereocenters. The number of carbonyl (C=O) groups is 2. The number of hydrogen-bond donors (Lipinski definition) is 0. The summed E-state index contributed by atoms with van der Waals surface area (Å²) in [4.78, 5) is 35.7. The van der Waals surface area contributed by atoms with E-state index in [1.165, 1.54) is 16.2 Å². The van der Waals surface area contributed by atoms with Gasteiger partial charge >= 0.3 is 6.18 Å². The third-order valence-electron chi connectivity index (χ3n) is 5.41. The lowest BCUT2D eigenvalue weighted by atomic mass is 10.2. The monoisotopic (exact) mass is 488 g/mol. The second-order valence-electron chi connectivity index (χ2n) is 7.60. The van der Waals surface area contributed by atoms with Crippen LogP contribution in [0.3, 0.4) is 0 Å². The first-order chi connectivity index (χ1) is 15.0. The molecule has 2 aromatic rings. The maximum atomic E-state index is 12.8. The Hall–Kier alpha value is -2.33. The molecule has 0 spiro atoms. The van der Waals surface area contributed by atoms with Crippen molar-refractivity contribution in [1.82, 2.24) is 14.8 Å². The van der Waals surface area contributed by atoms with Crippen LogP contribution in [0.4, 0.5) is 19.0 Å². The highest BCUT2D eigenvalue weighted by Crippen LogP contribution is 2.33. The largest absolute Gasteiger partial charge is 0.417 e. The van der Waals surface area contributed by atoms with Crippen LogP contribution in [-0.4, -0.2) is 66.4 Å². The summed E-state index contributed by atoms with van der Waals surface area (Å²) < 4.78 is 38.4. The Labute approximate surface area is 193 Å². The molecule has 174 valence electrons. The predicted molar refractivity (Wildman–Crippen MR) is 118 cm³/mol. The zero-order valence-corrected chi connectivity index (χ0v) is 19.6. The van der Waals surface area contributed by atoms with E-state index in [2.05, 4.69) is 4.98 Å². The summed E-state index contributed by atoms with van der Waals surface area (Å²) in [6.07, 6.45) is -2.90. The van der Waals surface area contributed by atoms with Crippen LogP contribution in [-0.2, 0) is 17.4 Å². The van der Waals surface area contributed by atoms with Crippen molar-refractivity contribution < 1.29 is 22.8 Å². The zero-order chi connectivity index (χ0) is 23.6. The quantitative estimate of drug-likeness (QED) is 0.635. The Balaban J connectivity index is 1.56. The van der Waals surface area contributed by atoms with Gasteiger partial charge in [-0.25, -0.2) is 4.98 Å².